The molecular weight excluding hydrogens is 387 g/mol. The Morgan fingerprint density at radius 1 is 1.14 bits per heavy atom. The summed E-state index contributed by atoms with van der Waals surface area (Å²) in [6, 6.07) is 8.93. The Morgan fingerprint density at radius 3 is 2.50 bits per heavy atom. The molecule has 0 saturated carbocycles. The van der Waals surface area contributed by atoms with Gasteiger partial charge >= 0.3 is 6.18 Å². The van der Waals surface area contributed by atoms with Gasteiger partial charge < -0.3 is 15.6 Å². The van der Waals surface area contributed by atoms with Crippen LogP contribution in [0, 0.1) is 11.8 Å². The fourth-order valence-corrected chi connectivity index (χ4v) is 3.20. The van der Waals surface area contributed by atoms with E-state index < -0.39 is 17.3 Å². The lowest BCUT2D eigenvalue weighted by Crippen LogP contribution is -2.40. The van der Waals surface area contributed by atoms with Crippen LogP contribution in [0.2, 0.25) is 0 Å². The monoisotopic (exact) mass is 411 g/mol. The normalized spacial score (nSPS) is 13.6. The zero-order valence-electron chi connectivity index (χ0n) is 15.7. The van der Waals surface area contributed by atoms with Gasteiger partial charge in [-0.25, -0.2) is 0 Å². The first-order chi connectivity index (χ1) is 13.2. The molecule has 3 N–H and O–H groups in total. The van der Waals surface area contributed by atoms with E-state index in [1.54, 1.807) is 11.3 Å². The van der Waals surface area contributed by atoms with Gasteiger partial charge in [0.15, 0.2) is 0 Å². The molecule has 28 heavy (non-hydrogen) atoms. The zero-order chi connectivity index (χ0) is 20.6. The Hall–Kier alpha value is -1.85. The van der Waals surface area contributed by atoms with Gasteiger partial charge in [0.05, 0.1) is 30.3 Å². The van der Waals surface area contributed by atoms with E-state index in [1.165, 1.54) is 17.0 Å². The number of rotatable bonds is 8. The molecular formula is C21H24F3NO2S. The summed E-state index contributed by atoms with van der Waals surface area (Å²) in [6.07, 6.45) is -2.27. The first-order valence-corrected chi connectivity index (χ1v) is 9.72. The molecule has 1 heterocycles. The summed E-state index contributed by atoms with van der Waals surface area (Å²) < 4.78 is 43.0. The summed E-state index contributed by atoms with van der Waals surface area (Å²) in [4.78, 5) is 2.13. The second-order valence-corrected chi connectivity index (χ2v) is 8.05. The van der Waals surface area contributed by atoms with Gasteiger partial charge in [0.2, 0.25) is 0 Å². The molecule has 0 aliphatic heterocycles. The molecule has 152 valence electrons. The Bertz CT molecular complexity index is 802. The Labute approximate surface area is 167 Å². The minimum absolute atomic E-state index is 0.0441. The van der Waals surface area contributed by atoms with Gasteiger partial charge in [-0.2, -0.15) is 13.2 Å². The average Bonchev–Trinajstić information content (AvgIpc) is 3.10. The third kappa shape index (κ3) is 7.64. The van der Waals surface area contributed by atoms with Gasteiger partial charge in [0.1, 0.15) is 0 Å². The predicted molar refractivity (Wildman–Crippen MR) is 105 cm³/mol. The van der Waals surface area contributed by atoms with Crippen LogP contribution in [-0.2, 0) is 23.9 Å². The van der Waals surface area contributed by atoms with E-state index in [-0.39, 0.29) is 13.2 Å². The maximum absolute atomic E-state index is 12.5. The van der Waals surface area contributed by atoms with Crippen molar-refractivity contribution in [3.05, 3.63) is 57.3 Å². The number of nitrogens with two attached hydrogens (primary N) is 1. The van der Waals surface area contributed by atoms with Crippen molar-refractivity contribution in [3.63, 3.8) is 0 Å². The summed E-state index contributed by atoms with van der Waals surface area (Å²) in [5.41, 5.74) is 5.39. The van der Waals surface area contributed by atoms with E-state index in [4.69, 9.17) is 10.5 Å². The quantitative estimate of drug-likeness (QED) is 0.501. The van der Waals surface area contributed by atoms with Crippen LogP contribution < -0.4 is 5.73 Å². The van der Waals surface area contributed by atoms with Crippen molar-refractivity contribution in [1.82, 2.24) is 0 Å². The summed E-state index contributed by atoms with van der Waals surface area (Å²) in [5.74, 6) is 6.12. The van der Waals surface area contributed by atoms with E-state index >= 15 is 0 Å². The highest BCUT2D eigenvalue weighted by atomic mass is 32.1. The van der Waals surface area contributed by atoms with Crippen molar-refractivity contribution in [2.75, 3.05) is 13.2 Å². The van der Waals surface area contributed by atoms with Crippen LogP contribution in [0.3, 0.4) is 0 Å². The highest BCUT2D eigenvalue weighted by molar-refractivity contribution is 7.12. The lowest BCUT2D eigenvalue weighted by molar-refractivity contribution is -0.137. The first kappa shape index (κ1) is 22.4. The highest BCUT2D eigenvalue weighted by Gasteiger charge is 2.29. The van der Waals surface area contributed by atoms with Gasteiger partial charge in [-0.05, 0) is 49.6 Å². The van der Waals surface area contributed by atoms with Crippen molar-refractivity contribution in [2.24, 2.45) is 5.73 Å². The maximum Gasteiger partial charge on any atom is 0.416 e. The molecule has 0 bridgehead atoms. The number of thiophene rings is 1. The van der Waals surface area contributed by atoms with Crippen LogP contribution in [0.15, 0.2) is 36.4 Å². The molecule has 7 heteroatoms. The van der Waals surface area contributed by atoms with E-state index in [0.29, 0.717) is 25.0 Å². The number of alkyl halides is 3. The van der Waals surface area contributed by atoms with Crippen LogP contribution in [0.1, 0.15) is 40.6 Å². The molecule has 1 unspecified atom stereocenters. The lowest BCUT2D eigenvalue weighted by Gasteiger charge is -2.20. The molecule has 2 aromatic rings. The Morgan fingerprint density at radius 2 is 1.86 bits per heavy atom. The van der Waals surface area contributed by atoms with Gasteiger partial charge in [-0.3, -0.25) is 0 Å². The van der Waals surface area contributed by atoms with Crippen LogP contribution in [0.4, 0.5) is 13.2 Å². The maximum atomic E-state index is 12.5. The van der Waals surface area contributed by atoms with Crippen LogP contribution in [0.25, 0.3) is 0 Å². The van der Waals surface area contributed by atoms with E-state index in [2.05, 4.69) is 11.8 Å². The lowest BCUT2D eigenvalue weighted by atomic mass is 9.98. The molecule has 2 rings (SSSR count). The van der Waals surface area contributed by atoms with E-state index in [9.17, 15) is 18.3 Å². The highest BCUT2D eigenvalue weighted by Crippen LogP contribution is 2.29. The third-order valence-electron chi connectivity index (χ3n) is 4.10. The van der Waals surface area contributed by atoms with Crippen molar-refractivity contribution in [2.45, 2.75) is 44.5 Å². The number of ether oxygens (including phenoxy) is 1. The number of aliphatic hydroxyl groups excluding tert-OH is 1. The summed E-state index contributed by atoms with van der Waals surface area (Å²) >= 11 is 1.60. The summed E-state index contributed by atoms with van der Waals surface area (Å²) in [5, 5.41) is 9.18. The van der Waals surface area contributed by atoms with Gasteiger partial charge in [0, 0.05) is 16.8 Å². The molecule has 1 atom stereocenters. The minimum atomic E-state index is -4.32. The summed E-state index contributed by atoms with van der Waals surface area (Å²) in [6.45, 7) is 2.45. The van der Waals surface area contributed by atoms with Gasteiger partial charge in [-0.1, -0.05) is 24.0 Å². The van der Waals surface area contributed by atoms with E-state index in [0.717, 1.165) is 23.4 Å². The number of hydrogen-bond donors (Lipinski definition) is 2. The summed E-state index contributed by atoms with van der Waals surface area (Å²) in [7, 11) is 0. The smallest absolute Gasteiger partial charge is 0.394 e. The third-order valence-corrected chi connectivity index (χ3v) is 5.16. The second-order valence-electron chi connectivity index (χ2n) is 6.88. The molecule has 0 aliphatic rings. The number of aryl methyl sites for hydroxylation is 1. The largest absolute Gasteiger partial charge is 0.416 e. The topological polar surface area (TPSA) is 55.5 Å². The number of halogens is 3. The molecule has 0 fully saturated rings. The fourth-order valence-electron chi connectivity index (χ4n) is 2.32. The molecule has 1 aromatic heterocycles. The molecule has 0 spiro atoms. The minimum Gasteiger partial charge on any atom is -0.394 e. The molecule has 1 aromatic carbocycles. The number of benzene rings is 1. The van der Waals surface area contributed by atoms with Crippen molar-refractivity contribution < 1.29 is 23.0 Å². The Kier molecular flexibility index (Phi) is 8.08. The van der Waals surface area contributed by atoms with Crippen molar-refractivity contribution >= 4 is 11.3 Å². The fraction of sp³-hybridized carbons (Fsp3) is 0.429. The number of hydrogen-bond acceptors (Lipinski definition) is 4. The van der Waals surface area contributed by atoms with Crippen LogP contribution >= 0.6 is 11.3 Å². The second kappa shape index (κ2) is 10.1. The van der Waals surface area contributed by atoms with Gasteiger partial charge in [-0.15, -0.1) is 11.3 Å². The molecule has 0 amide bonds. The van der Waals surface area contributed by atoms with Crippen molar-refractivity contribution in [1.29, 1.82) is 0 Å². The molecule has 3 nitrogen and oxygen atoms in total. The number of aliphatic hydroxyl groups is 1. The van der Waals surface area contributed by atoms with E-state index in [1.807, 2.05) is 19.1 Å². The van der Waals surface area contributed by atoms with Crippen LogP contribution in [0.5, 0.6) is 0 Å². The predicted octanol–water partition coefficient (Wildman–Crippen LogP) is 4.37. The zero-order valence-corrected chi connectivity index (χ0v) is 16.5. The van der Waals surface area contributed by atoms with Crippen LogP contribution in [-0.4, -0.2) is 23.9 Å². The molecule has 0 saturated heterocycles. The van der Waals surface area contributed by atoms with Gasteiger partial charge in [0.25, 0.3) is 0 Å². The molecule has 0 radical (unpaired) electrons. The standard InChI is InChI=1S/C21H24F3NO2S/c1-20(25,15-26)12-11-19-10-9-18(28-19)4-2-3-13-27-14-16-5-7-17(8-6-16)21(22,23)24/h5-10,26H,3,11-15,25H2,1H3. The molecule has 0 aliphatic carbocycles. The Balaban J connectivity index is 1.70. The SMILES string of the molecule is CC(N)(CO)CCc1ccc(C#CCCOCc2ccc(C(F)(F)F)cc2)s1. The first-order valence-electron chi connectivity index (χ1n) is 8.91. The van der Waals surface area contributed by atoms with Crippen molar-refractivity contribution in [3.8, 4) is 11.8 Å². The average molecular weight is 411 g/mol.